The fourth-order valence-electron chi connectivity index (χ4n) is 4.43. The third kappa shape index (κ3) is 8.08. The number of hydrogen-bond donors (Lipinski definition) is 1. The molecule has 9 heteroatoms. The highest BCUT2D eigenvalue weighted by molar-refractivity contribution is 7.92. The summed E-state index contributed by atoms with van der Waals surface area (Å²) in [7, 11) is -0.746. The molecule has 0 aliphatic heterocycles. The molecule has 3 rings (SSSR count). The van der Waals surface area contributed by atoms with Crippen LogP contribution in [0.15, 0.2) is 78.9 Å². The van der Waals surface area contributed by atoms with E-state index in [-0.39, 0.29) is 24.3 Å². The molecular formula is C31H39N3O5S. The van der Waals surface area contributed by atoms with Crippen molar-refractivity contribution in [2.24, 2.45) is 0 Å². The van der Waals surface area contributed by atoms with E-state index in [1.807, 2.05) is 54.6 Å². The molecule has 3 aromatic carbocycles. The minimum Gasteiger partial charge on any atom is -0.497 e. The van der Waals surface area contributed by atoms with Crippen molar-refractivity contribution in [3.63, 3.8) is 0 Å². The van der Waals surface area contributed by atoms with E-state index in [4.69, 9.17) is 4.74 Å². The molecule has 1 N–H and O–H groups in total. The Morgan fingerprint density at radius 2 is 1.55 bits per heavy atom. The number of hydrogen-bond acceptors (Lipinski definition) is 5. The molecule has 0 heterocycles. The summed E-state index contributed by atoms with van der Waals surface area (Å²) in [4.78, 5) is 28.7. The normalized spacial score (nSPS) is 12.3. The van der Waals surface area contributed by atoms with Gasteiger partial charge < -0.3 is 15.0 Å². The monoisotopic (exact) mass is 565 g/mol. The largest absolute Gasteiger partial charge is 0.497 e. The zero-order valence-electron chi connectivity index (χ0n) is 24.0. The number of anilines is 1. The smallest absolute Gasteiger partial charge is 0.244 e. The van der Waals surface area contributed by atoms with Gasteiger partial charge in [-0.3, -0.25) is 13.9 Å². The first-order chi connectivity index (χ1) is 18.8. The van der Waals surface area contributed by atoms with Crippen molar-refractivity contribution in [1.29, 1.82) is 0 Å². The number of methoxy groups -OCH3 is 1. The lowest BCUT2D eigenvalue weighted by Gasteiger charge is -2.33. The van der Waals surface area contributed by atoms with Gasteiger partial charge in [-0.1, -0.05) is 75.4 Å². The van der Waals surface area contributed by atoms with Gasteiger partial charge in [0.15, 0.2) is 0 Å². The molecule has 40 heavy (non-hydrogen) atoms. The number of amides is 2. The van der Waals surface area contributed by atoms with Crippen LogP contribution in [0.3, 0.4) is 0 Å². The van der Waals surface area contributed by atoms with Crippen LogP contribution in [0.1, 0.15) is 37.5 Å². The van der Waals surface area contributed by atoms with Gasteiger partial charge in [0, 0.05) is 20.0 Å². The second-order valence-corrected chi connectivity index (χ2v) is 12.7. The number of nitrogens with one attached hydrogen (secondary N) is 1. The van der Waals surface area contributed by atoms with Crippen molar-refractivity contribution in [3.05, 3.63) is 95.6 Å². The Hall–Kier alpha value is -3.85. The third-order valence-corrected chi connectivity index (χ3v) is 7.85. The molecule has 2 amide bonds. The molecule has 0 unspecified atom stereocenters. The predicted molar refractivity (Wildman–Crippen MR) is 159 cm³/mol. The molecule has 0 saturated heterocycles. The first-order valence-corrected chi connectivity index (χ1v) is 14.9. The van der Waals surface area contributed by atoms with Gasteiger partial charge in [-0.25, -0.2) is 8.42 Å². The highest BCUT2D eigenvalue weighted by Gasteiger charge is 2.32. The maximum absolute atomic E-state index is 14.0. The summed E-state index contributed by atoms with van der Waals surface area (Å²) in [5.74, 6) is -0.237. The number of rotatable bonds is 11. The molecule has 0 aliphatic carbocycles. The van der Waals surface area contributed by atoms with Crippen LogP contribution in [-0.4, -0.2) is 58.1 Å². The number of benzene rings is 3. The topological polar surface area (TPSA) is 96.0 Å². The Balaban J connectivity index is 2.03. The Morgan fingerprint density at radius 1 is 0.925 bits per heavy atom. The minimum atomic E-state index is -3.82. The molecule has 214 valence electrons. The van der Waals surface area contributed by atoms with E-state index in [2.05, 4.69) is 26.1 Å². The molecule has 0 fully saturated rings. The lowest BCUT2D eigenvalue weighted by Crippen LogP contribution is -2.52. The molecule has 3 aromatic rings. The van der Waals surface area contributed by atoms with Crippen molar-refractivity contribution < 1.29 is 22.7 Å². The highest BCUT2D eigenvalue weighted by atomic mass is 32.2. The zero-order chi connectivity index (χ0) is 29.5. The summed E-state index contributed by atoms with van der Waals surface area (Å²) in [6.07, 6.45) is 1.33. The van der Waals surface area contributed by atoms with Crippen molar-refractivity contribution >= 4 is 27.5 Å². The Bertz CT molecular complexity index is 1400. The van der Waals surface area contributed by atoms with Crippen molar-refractivity contribution in [1.82, 2.24) is 10.2 Å². The molecule has 0 aliphatic rings. The average Bonchev–Trinajstić information content (AvgIpc) is 2.92. The van der Waals surface area contributed by atoms with Gasteiger partial charge in [-0.2, -0.15) is 0 Å². The van der Waals surface area contributed by atoms with Gasteiger partial charge >= 0.3 is 0 Å². The second-order valence-electron chi connectivity index (χ2n) is 10.8. The highest BCUT2D eigenvalue weighted by Crippen LogP contribution is 2.26. The molecule has 8 nitrogen and oxygen atoms in total. The van der Waals surface area contributed by atoms with Crippen molar-refractivity contribution in [2.45, 2.75) is 45.2 Å². The van der Waals surface area contributed by atoms with E-state index in [9.17, 15) is 18.0 Å². The fraction of sp³-hybridized carbons (Fsp3) is 0.355. The van der Waals surface area contributed by atoms with Gasteiger partial charge in [0.2, 0.25) is 21.8 Å². The number of nitrogens with zero attached hydrogens (tertiary/aromatic N) is 2. The predicted octanol–water partition coefficient (Wildman–Crippen LogP) is 4.14. The summed E-state index contributed by atoms with van der Waals surface area (Å²) in [6.45, 7) is 5.84. The molecule has 0 bridgehead atoms. The van der Waals surface area contributed by atoms with Crippen LogP contribution in [0.5, 0.6) is 5.75 Å². The molecule has 0 radical (unpaired) electrons. The lowest BCUT2D eigenvalue weighted by atomic mass is 9.87. The zero-order valence-corrected chi connectivity index (χ0v) is 24.9. The summed E-state index contributed by atoms with van der Waals surface area (Å²) < 4.78 is 32.3. The number of carbonyl (C=O) groups is 2. The van der Waals surface area contributed by atoms with E-state index in [0.717, 1.165) is 27.3 Å². The lowest BCUT2D eigenvalue weighted by molar-refractivity contribution is -0.139. The van der Waals surface area contributed by atoms with E-state index in [1.54, 1.807) is 31.4 Å². The fourth-order valence-corrected chi connectivity index (χ4v) is 5.28. The van der Waals surface area contributed by atoms with Crippen LogP contribution in [0, 0.1) is 0 Å². The van der Waals surface area contributed by atoms with Crippen LogP contribution >= 0.6 is 0 Å². The number of carbonyl (C=O) groups excluding carboxylic acids is 2. The van der Waals surface area contributed by atoms with Crippen LogP contribution in [0.2, 0.25) is 0 Å². The maximum atomic E-state index is 14.0. The summed E-state index contributed by atoms with van der Waals surface area (Å²) >= 11 is 0. The van der Waals surface area contributed by atoms with E-state index in [0.29, 0.717) is 11.4 Å². The van der Waals surface area contributed by atoms with Gasteiger partial charge in [0.1, 0.15) is 18.3 Å². The quantitative estimate of drug-likeness (QED) is 0.377. The number of ether oxygens (including phenoxy) is 1. The summed E-state index contributed by atoms with van der Waals surface area (Å²) in [5, 5.41) is 2.68. The van der Waals surface area contributed by atoms with Crippen molar-refractivity contribution in [3.8, 4) is 5.75 Å². The van der Waals surface area contributed by atoms with Gasteiger partial charge in [0.25, 0.3) is 0 Å². The first kappa shape index (κ1) is 30.7. The molecule has 0 saturated carbocycles. The number of likely N-dealkylation sites (N-methyl/N-ethyl adjacent to an activating group) is 1. The molecule has 1 atom stereocenters. The van der Waals surface area contributed by atoms with E-state index in [1.165, 1.54) is 11.9 Å². The van der Waals surface area contributed by atoms with Crippen LogP contribution in [0.4, 0.5) is 5.69 Å². The Morgan fingerprint density at radius 3 is 2.10 bits per heavy atom. The van der Waals surface area contributed by atoms with E-state index < -0.39 is 28.5 Å². The van der Waals surface area contributed by atoms with Gasteiger partial charge in [0.05, 0.1) is 19.1 Å². The maximum Gasteiger partial charge on any atom is 0.244 e. The summed E-state index contributed by atoms with van der Waals surface area (Å²) in [6, 6.07) is 22.9. The molecule has 0 aromatic heterocycles. The third-order valence-electron chi connectivity index (χ3n) is 6.71. The van der Waals surface area contributed by atoms with E-state index >= 15 is 0 Å². The van der Waals surface area contributed by atoms with Gasteiger partial charge in [-0.05, 0) is 46.4 Å². The molecule has 0 spiro atoms. The Kier molecular flexibility index (Phi) is 9.98. The Labute approximate surface area is 238 Å². The standard InChI is InChI=1S/C31H39N3O5S/c1-31(2,3)25-15-17-26(18-16-25)34(40(6,37)38)22-29(35)33(21-24-13-10-14-27(19-24)39-5)28(30(36)32-4)20-23-11-8-7-9-12-23/h7-19,28H,20-22H2,1-6H3,(H,32,36)/t28-/m0/s1. The van der Waals surface area contributed by atoms with Crippen LogP contribution < -0.4 is 14.4 Å². The van der Waals surface area contributed by atoms with Crippen LogP contribution in [-0.2, 0) is 38.0 Å². The SMILES string of the molecule is CNC(=O)[C@H](Cc1ccccc1)N(Cc1cccc(OC)c1)C(=O)CN(c1ccc(C(C)(C)C)cc1)S(C)(=O)=O. The van der Waals surface area contributed by atoms with Crippen molar-refractivity contribution in [2.75, 3.05) is 31.3 Å². The summed E-state index contributed by atoms with van der Waals surface area (Å²) in [5.41, 5.74) is 2.92. The first-order valence-electron chi connectivity index (χ1n) is 13.1. The van der Waals surface area contributed by atoms with Gasteiger partial charge in [-0.15, -0.1) is 0 Å². The van der Waals surface area contributed by atoms with Crippen LogP contribution in [0.25, 0.3) is 0 Å². The molecular weight excluding hydrogens is 526 g/mol. The number of sulfonamides is 1. The average molecular weight is 566 g/mol. The second kappa shape index (κ2) is 13.0. The minimum absolute atomic E-state index is 0.0848.